The van der Waals surface area contributed by atoms with Crippen molar-refractivity contribution in [1.29, 1.82) is 0 Å². The molecule has 0 amide bonds. The summed E-state index contributed by atoms with van der Waals surface area (Å²) < 4.78 is 7.34. The highest BCUT2D eigenvalue weighted by molar-refractivity contribution is 7.71. The molecule has 0 aliphatic heterocycles. The summed E-state index contributed by atoms with van der Waals surface area (Å²) in [5.74, 6) is -0.146. The summed E-state index contributed by atoms with van der Waals surface area (Å²) in [6, 6.07) is -0.386. The number of H-pyrrole nitrogens is 1. The zero-order valence-electron chi connectivity index (χ0n) is 11.9. The monoisotopic (exact) mass is 270 g/mol. The largest absolute Gasteiger partial charge is 0.467 e. The van der Waals surface area contributed by atoms with Gasteiger partial charge in [0.05, 0.1) is 7.11 Å². The first-order valence-corrected chi connectivity index (χ1v) is 6.49. The van der Waals surface area contributed by atoms with E-state index in [0.717, 1.165) is 5.69 Å². The number of methoxy groups -OCH3 is 1. The first kappa shape index (κ1) is 15.0. The molecule has 0 aromatic carbocycles. The molecule has 1 heterocycles. The number of aromatic nitrogens is 2. The summed E-state index contributed by atoms with van der Waals surface area (Å²) in [5, 5.41) is 0. The van der Waals surface area contributed by atoms with E-state index in [1.807, 2.05) is 24.6 Å². The number of carbonyl (C=O) groups is 1. The van der Waals surface area contributed by atoms with Crippen LogP contribution in [0.1, 0.15) is 46.4 Å². The second kappa shape index (κ2) is 5.26. The van der Waals surface area contributed by atoms with Gasteiger partial charge in [-0.2, -0.15) is 0 Å². The quantitative estimate of drug-likeness (QED) is 0.677. The molecule has 0 bridgehead atoms. The van der Waals surface area contributed by atoms with Crippen LogP contribution in [0.4, 0.5) is 0 Å². The number of nitrogens with one attached hydrogen (secondary N) is 1. The summed E-state index contributed by atoms with van der Waals surface area (Å²) in [6.45, 7) is 10.3. The van der Waals surface area contributed by atoms with Crippen molar-refractivity contribution in [3.05, 3.63) is 16.7 Å². The second-order valence-electron chi connectivity index (χ2n) is 5.81. The number of hydrogen-bond donors (Lipinski definition) is 1. The van der Waals surface area contributed by atoms with Crippen LogP contribution in [-0.2, 0) is 14.9 Å². The Morgan fingerprint density at radius 1 is 1.44 bits per heavy atom. The van der Waals surface area contributed by atoms with Gasteiger partial charge in [0.1, 0.15) is 6.04 Å². The number of aromatic amines is 1. The van der Waals surface area contributed by atoms with Gasteiger partial charge in [-0.1, -0.05) is 34.6 Å². The summed E-state index contributed by atoms with van der Waals surface area (Å²) in [6.07, 6.45) is 1.88. The maximum absolute atomic E-state index is 12.0. The molecule has 18 heavy (non-hydrogen) atoms. The minimum absolute atomic E-state index is 0.0886. The Balaban J connectivity index is 3.42. The van der Waals surface area contributed by atoms with E-state index in [2.05, 4.69) is 25.8 Å². The maximum atomic E-state index is 12.0. The van der Waals surface area contributed by atoms with Crippen LogP contribution in [0.3, 0.4) is 0 Å². The third kappa shape index (κ3) is 2.83. The molecule has 1 atom stereocenters. The predicted octanol–water partition coefficient (Wildman–Crippen LogP) is 3.21. The van der Waals surface area contributed by atoms with E-state index >= 15 is 0 Å². The molecule has 1 aromatic heterocycles. The molecular formula is C13H22N2O2S. The van der Waals surface area contributed by atoms with Crippen molar-refractivity contribution < 1.29 is 9.53 Å². The van der Waals surface area contributed by atoms with E-state index in [4.69, 9.17) is 17.0 Å². The highest BCUT2D eigenvalue weighted by atomic mass is 32.1. The van der Waals surface area contributed by atoms with Crippen molar-refractivity contribution in [2.45, 2.75) is 46.1 Å². The molecule has 4 nitrogen and oxygen atoms in total. The fraction of sp³-hybridized carbons (Fsp3) is 0.692. The number of nitrogens with zero attached hydrogens (tertiary/aromatic N) is 1. The molecule has 0 fully saturated rings. The van der Waals surface area contributed by atoms with Gasteiger partial charge in [0, 0.05) is 17.3 Å². The smallest absolute Gasteiger partial charge is 0.329 e. The Bertz CT molecular complexity index is 480. The standard InChI is InChI=1S/C13H22N2O2S/c1-8(2)10(11(16)17-6)15-9(13(3,4)5)7-14-12(15)18/h7-8,10H,1-6H3,(H,14,18). The minimum Gasteiger partial charge on any atom is -0.467 e. The van der Waals surface area contributed by atoms with Crippen molar-refractivity contribution in [2.75, 3.05) is 7.11 Å². The normalized spacial score (nSPS) is 13.7. The van der Waals surface area contributed by atoms with Crippen molar-refractivity contribution in [1.82, 2.24) is 9.55 Å². The van der Waals surface area contributed by atoms with Crippen LogP contribution in [0.25, 0.3) is 0 Å². The highest BCUT2D eigenvalue weighted by Crippen LogP contribution is 2.29. The van der Waals surface area contributed by atoms with Gasteiger partial charge in [0.2, 0.25) is 0 Å². The molecule has 0 aliphatic rings. The molecule has 0 radical (unpaired) electrons. The zero-order valence-corrected chi connectivity index (χ0v) is 12.7. The summed E-state index contributed by atoms with van der Waals surface area (Å²) in [4.78, 5) is 15.0. The third-order valence-corrected chi connectivity index (χ3v) is 3.25. The van der Waals surface area contributed by atoms with Crippen LogP contribution < -0.4 is 0 Å². The van der Waals surface area contributed by atoms with Gasteiger partial charge in [0.25, 0.3) is 0 Å². The van der Waals surface area contributed by atoms with E-state index in [1.165, 1.54) is 7.11 Å². The second-order valence-corrected chi connectivity index (χ2v) is 6.20. The van der Waals surface area contributed by atoms with Crippen LogP contribution in [0.5, 0.6) is 0 Å². The lowest BCUT2D eigenvalue weighted by atomic mass is 9.91. The summed E-state index contributed by atoms with van der Waals surface area (Å²) >= 11 is 5.30. The van der Waals surface area contributed by atoms with Gasteiger partial charge >= 0.3 is 5.97 Å². The molecule has 0 saturated heterocycles. The molecule has 0 spiro atoms. The molecule has 1 N–H and O–H groups in total. The lowest BCUT2D eigenvalue weighted by Gasteiger charge is -2.27. The third-order valence-electron chi connectivity index (χ3n) is 2.93. The van der Waals surface area contributed by atoms with Crippen LogP contribution >= 0.6 is 12.2 Å². The van der Waals surface area contributed by atoms with Crippen LogP contribution in [0, 0.1) is 10.7 Å². The fourth-order valence-corrected chi connectivity index (χ4v) is 2.30. The molecule has 1 aromatic rings. The molecular weight excluding hydrogens is 248 g/mol. The number of ether oxygens (including phenoxy) is 1. The maximum Gasteiger partial charge on any atom is 0.329 e. The molecule has 102 valence electrons. The lowest BCUT2D eigenvalue weighted by Crippen LogP contribution is -2.30. The van der Waals surface area contributed by atoms with Crippen molar-refractivity contribution in [3.63, 3.8) is 0 Å². The van der Waals surface area contributed by atoms with Gasteiger partial charge in [-0.25, -0.2) is 4.79 Å². The Labute approximate surface area is 113 Å². The number of esters is 1. The average molecular weight is 270 g/mol. The van der Waals surface area contributed by atoms with Gasteiger partial charge in [0.15, 0.2) is 4.77 Å². The Morgan fingerprint density at radius 3 is 2.39 bits per heavy atom. The SMILES string of the molecule is COC(=O)C(C(C)C)n1c(C(C)(C)C)c[nH]c1=S. The van der Waals surface area contributed by atoms with Gasteiger partial charge in [-0.05, 0) is 18.1 Å². The van der Waals surface area contributed by atoms with E-state index in [0.29, 0.717) is 4.77 Å². The molecule has 1 unspecified atom stereocenters. The fourth-order valence-electron chi connectivity index (χ4n) is 2.03. The van der Waals surface area contributed by atoms with E-state index in [9.17, 15) is 4.79 Å². The number of hydrogen-bond acceptors (Lipinski definition) is 3. The van der Waals surface area contributed by atoms with Crippen molar-refractivity contribution in [3.8, 4) is 0 Å². The number of imidazole rings is 1. The molecule has 0 aliphatic carbocycles. The minimum atomic E-state index is -0.386. The van der Waals surface area contributed by atoms with Gasteiger partial charge in [-0.15, -0.1) is 0 Å². The topological polar surface area (TPSA) is 47.0 Å². The first-order chi connectivity index (χ1) is 8.20. The molecule has 5 heteroatoms. The average Bonchev–Trinajstić information content (AvgIpc) is 2.60. The van der Waals surface area contributed by atoms with E-state index in [1.54, 1.807) is 0 Å². The van der Waals surface area contributed by atoms with Gasteiger partial charge < -0.3 is 14.3 Å². The van der Waals surface area contributed by atoms with E-state index in [-0.39, 0.29) is 23.3 Å². The van der Waals surface area contributed by atoms with Crippen molar-refractivity contribution >= 4 is 18.2 Å². The van der Waals surface area contributed by atoms with Crippen LogP contribution in [0.2, 0.25) is 0 Å². The zero-order chi connectivity index (χ0) is 14.1. The van der Waals surface area contributed by atoms with Crippen LogP contribution in [-0.4, -0.2) is 22.6 Å². The molecule has 0 saturated carbocycles. The Kier molecular flexibility index (Phi) is 4.37. The van der Waals surface area contributed by atoms with E-state index < -0.39 is 0 Å². The Morgan fingerprint density at radius 2 is 2.00 bits per heavy atom. The molecule has 1 rings (SSSR count). The van der Waals surface area contributed by atoms with Gasteiger partial charge in [-0.3, -0.25) is 0 Å². The van der Waals surface area contributed by atoms with Crippen molar-refractivity contribution in [2.24, 2.45) is 5.92 Å². The summed E-state index contributed by atoms with van der Waals surface area (Å²) in [5.41, 5.74) is 0.922. The van der Waals surface area contributed by atoms with Crippen LogP contribution in [0.15, 0.2) is 6.20 Å². The summed E-state index contributed by atoms with van der Waals surface area (Å²) in [7, 11) is 1.41. The predicted molar refractivity (Wildman–Crippen MR) is 74.2 cm³/mol. The highest BCUT2D eigenvalue weighted by Gasteiger charge is 2.30. The Hall–Kier alpha value is -1.10. The lowest BCUT2D eigenvalue weighted by molar-refractivity contribution is -0.146. The first-order valence-electron chi connectivity index (χ1n) is 6.08. The number of rotatable bonds is 3. The number of carbonyl (C=O) groups excluding carboxylic acids is 1.